The Morgan fingerprint density at radius 2 is 1.90 bits per heavy atom. The minimum atomic E-state index is -4.30. The molecule has 2 aromatic rings. The summed E-state index contributed by atoms with van der Waals surface area (Å²) in [7, 11) is 0. The molecule has 1 aromatic carbocycles. The van der Waals surface area contributed by atoms with Crippen molar-refractivity contribution in [3.05, 3.63) is 41.9 Å². The van der Waals surface area contributed by atoms with Crippen molar-refractivity contribution >= 4 is 0 Å². The summed E-state index contributed by atoms with van der Waals surface area (Å²) < 4.78 is 37.5. The Hall–Kier alpha value is -1.82. The molecule has 0 radical (unpaired) electrons. The summed E-state index contributed by atoms with van der Waals surface area (Å²) in [6.45, 7) is 1.65. The molecule has 3 rings (SSSR count). The molecule has 0 amide bonds. The summed E-state index contributed by atoms with van der Waals surface area (Å²) in [5.74, 6) is 1.60. The van der Waals surface area contributed by atoms with Gasteiger partial charge in [0.25, 0.3) is 0 Å². The molecule has 1 aromatic heterocycles. The van der Waals surface area contributed by atoms with Crippen LogP contribution in [0.2, 0.25) is 0 Å². The van der Waals surface area contributed by atoms with Gasteiger partial charge in [0.2, 0.25) is 0 Å². The Morgan fingerprint density at radius 1 is 1.19 bits per heavy atom. The highest BCUT2D eigenvalue weighted by Gasteiger charge is 2.30. The standard InChI is InChI=1S/C15H16F3N3/c16-15(17,18)12-5-3-11(4-6-12)13-8-20-14(21-13)9-19-7-10-1-2-10/h3-6,8,10,19H,1-2,7,9H2,(H,20,21). The topological polar surface area (TPSA) is 40.7 Å². The smallest absolute Gasteiger partial charge is 0.341 e. The maximum atomic E-state index is 12.5. The number of hydrogen-bond acceptors (Lipinski definition) is 2. The summed E-state index contributed by atoms with van der Waals surface area (Å²) in [5.41, 5.74) is 0.785. The van der Waals surface area contributed by atoms with Gasteiger partial charge in [0, 0.05) is 0 Å². The lowest BCUT2D eigenvalue weighted by atomic mass is 10.1. The lowest BCUT2D eigenvalue weighted by molar-refractivity contribution is -0.137. The number of alkyl halides is 3. The van der Waals surface area contributed by atoms with Gasteiger partial charge in [0.15, 0.2) is 0 Å². The number of aromatic nitrogens is 2. The molecule has 3 nitrogen and oxygen atoms in total. The Morgan fingerprint density at radius 3 is 2.52 bits per heavy atom. The Kier molecular flexibility index (Phi) is 3.71. The van der Waals surface area contributed by atoms with E-state index in [1.54, 1.807) is 6.20 Å². The van der Waals surface area contributed by atoms with E-state index in [0.29, 0.717) is 12.1 Å². The van der Waals surface area contributed by atoms with Gasteiger partial charge in [0.05, 0.1) is 24.0 Å². The predicted molar refractivity (Wildman–Crippen MR) is 73.5 cm³/mol. The summed E-state index contributed by atoms with van der Waals surface area (Å²) >= 11 is 0. The molecule has 0 unspecified atom stereocenters. The molecule has 112 valence electrons. The van der Waals surface area contributed by atoms with Crippen LogP contribution in [-0.4, -0.2) is 16.5 Å². The molecule has 0 bridgehead atoms. The van der Waals surface area contributed by atoms with E-state index in [-0.39, 0.29) is 0 Å². The number of nitrogens with one attached hydrogen (secondary N) is 2. The summed E-state index contributed by atoms with van der Waals surface area (Å²) in [4.78, 5) is 7.37. The minimum Gasteiger partial charge on any atom is -0.341 e. The third kappa shape index (κ3) is 3.64. The van der Waals surface area contributed by atoms with Crippen molar-refractivity contribution in [1.82, 2.24) is 15.3 Å². The van der Waals surface area contributed by atoms with Crippen molar-refractivity contribution in [2.45, 2.75) is 25.6 Å². The zero-order chi connectivity index (χ0) is 14.9. The van der Waals surface area contributed by atoms with Crippen molar-refractivity contribution in [2.75, 3.05) is 6.54 Å². The van der Waals surface area contributed by atoms with E-state index in [4.69, 9.17) is 0 Å². The van der Waals surface area contributed by atoms with Crippen molar-refractivity contribution in [1.29, 1.82) is 0 Å². The third-order valence-corrected chi connectivity index (χ3v) is 3.57. The highest BCUT2D eigenvalue weighted by Crippen LogP contribution is 2.30. The van der Waals surface area contributed by atoms with E-state index >= 15 is 0 Å². The molecule has 0 saturated heterocycles. The average Bonchev–Trinajstić information content (AvgIpc) is 3.14. The van der Waals surface area contributed by atoms with E-state index in [2.05, 4.69) is 15.3 Å². The van der Waals surface area contributed by atoms with Gasteiger partial charge in [-0.3, -0.25) is 0 Å². The van der Waals surface area contributed by atoms with Crippen LogP contribution in [0.4, 0.5) is 13.2 Å². The summed E-state index contributed by atoms with van der Waals surface area (Å²) in [5, 5.41) is 3.31. The molecule has 0 atom stereocenters. The molecule has 1 heterocycles. The molecule has 21 heavy (non-hydrogen) atoms. The van der Waals surface area contributed by atoms with Crippen molar-refractivity contribution < 1.29 is 13.2 Å². The van der Waals surface area contributed by atoms with Crippen LogP contribution in [0.1, 0.15) is 24.2 Å². The first-order chi connectivity index (χ1) is 10.0. The van der Waals surface area contributed by atoms with Crippen molar-refractivity contribution in [2.24, 2.45) is 5.92 Å². The van der Waals surface area contributed by atoms with E-state index in [0.717, 1.165) is 36.1 Å². The first-order valence-electron chi connectivity index (χ1n) is 6.94. The summed E-state index contributed by atoms with van der Waals surface area (Å²) in [6, 6.07) is 5.08. The number of aromatic amines is 1. The molecule has 1 saturated carbocycles. The van der Waals surface area contributed by atoms with Gasteiger partial charge >= 0.3 is 6.18 Å². The second kappa shape index (κ2) is 5.52. The van der Waals surface area contributed by atoms with Gasteiger partial charge < -0.3 is 10.3 Å². The second-order valence-electron chi connectivity index (χ2n) is 5.39. The first-order valence-corrected chi connectivity index (χ1v) is 6.94. The Bertz CT molecular complexity index is 597. The monoisotopic (exact) mass is 295 g/mol. The van der Waals surface area contributed by atoms with Crippen LogP contribution in [0.25, 0.3) is 11.3 Å². The molecule has 6 heteroatoms. The van der Waals surface area contributed by atoms with Crippen LogP contribution in [0.3, 0.4) is 0 Å². The van der Waals surface area contributed by atoms with Crippen LogP contribution < -0.4 is 5.32 Å². The molecular formula is C15H16F3N3. The largest absolute Gasteiger partial charge is 0.416 e. The van der Waals surface area contributed by atoms with Crippen LogP contribution in [-0.2, 0) is 12.7 Å². The number of nitrogens with zero attached hydrogens (tertiary/aromatic N) is 1. The van der Waals surface area contributed by atoms with Crippen LogP contribution in [0, 0.1) is 5.92 Å². The Labute approximate surface area is 120 Å². The number of imidazole rings is 1. The zero-order valence-electron chi connectivity index (χ0n) is 11.4. The normalized spacial score (nSPS) is 15.4. The minimum absolute atomic E-state index is 0.642. The molecular weight excluding hydrogens is 279 g/mol. The maximum Gasteiger partial charge on any atom is 0.416 e. The predicted octanol–water partition coefficient (Wildman–Crippen LogP) is 3.60. The first kappa shape index (κ1) is 14.1. The molecule has 0 aliphatic heterocycles. The SMILES string of the molecule is FC(F)(F)c1ccc(-c2cnc(CNCC3CC3)[nH]2)cc1. The number of H-pyrrole nitrogens is 1. The molecule has 0 spiro atoms. The molecule has 1 fully saturated rings. The van der Waals surface area contributed by atoms with E-state index in [1.165, 1.54) is 25.0 Å². The lowest BCUT2D eigenvalue weighted by Gasteiger charge is -2.06. The van der Waals surface area contributed by atoms with Crippen LogP contribution in [0.5, 0.6) is 0 Å². The maximum absolute atomic E-state index is 12.5. The average molecular weight is 295 g/mol. The molecule has 1 aliphatic carbocycles. The number of benzene rings is 1. The third-order valence-electron chi connectivity index (χ3n) is 3.57. The van der Waals surface area contributed by atoms with Gasteiger partial charge in [-0.2, -0.15) is 13.2 Å². The van der Waals surface area contributed by atoms with E-state index < -0.39 is 11.7 Å². The van der Waals surface area contributed by atoms with Gasteiger partial charge in [0.1, 0.15) is 5.82 Å². The highest BCUT2D eigenvalue weighted by molar-refractivity contribution is 5.58. The van der Waals surface area contributed by atoms with Crippen LogP contribution in [0.15, 0.2) is 30.5 Å². The lowest BCUT2D eigenvalue weighted by Crippen LogP contribution is -2.16. The van der Waals surface area contributed by atoms with Gasteiger partial charge in [-0.25, -0.2) is 4.98 Å². The van der Waals surface area contributed by atoms with Gasteiger partial charge in [-0.15, -0.1) is 0 Å². The molecule has 2 N–H and O–H groups in total. The number of rotatable bonds is 5. The van der Waals surface area contributed by atoms with Gasteiger partial charge in [-0.1, -0.05) is 12.1 Å². The van der Waals surface area contributed by atoms with Crippen LogP contribution >= 0.6 is 0 Å². The Balaban J connectivity index is 1.64. The van der Waals surface area contributed by atoms with Gasteiger partial charge in [-0.05, 0) is 43.0 Å². The van der Waals surface area contributed by atoms with Crippen molar-refractivity contribution in [3.8, 4) is 11.3 Å². The zero-order valence-corrected chi connectivity index (χ0v) is 11.4. The van der Waals surface area contributed by atoms with E-state index in [9.17, 15) is 13.2 Å². The van der Waals surface area contributed by atoms with E-state index in [1.807, 2.05) is 0 Å². The number of hydrogen-bond donors (Lipinski definition) is 2. The fourth-order valence-electron chi connectivity index (χ4n) is 2.15. The molecule has 1 aliphatic rings. The fraction of sp³-hybridized carbons (Fsp3) is 0.400. The fourth-order valence-corrected chi connectivity index (χ4v) is 2.15. The van der Waals surface area contributed by atoms with Crippen molar-refractivity contribution in [3.63, 3.8) is 0 Å². The quantitative estimate of drug-likeness (QED) is 0.885. The summed E-state index contributed by atoms with van der Waals surface area (Å²) in [6.07, 6.45) is -0.0644. The number of halogens is 3. The second-order valence-corrected chi connectivity index (χ2v) is 5.39. The highest BCUT2D eigenvalue weighted by atomic mass is 19.4.